The molecule has 21 heavy (non-hydrogen) atoms. The van der Waals surface area contributed by atoms with E-state index in [1.807, 2.05) is 6.07 Å². The third-order valence-corrected chi connectivity index (χ3v) is 4.26. The number of nitrogens with two attached hydrogens (primary N) is 1. The molecule has 0 aliphatic heterocycles. The fourth-order valence-electron chi connectivity index (χ4n) is 1.72. The number of anilines is 1. The van der Waals surface area contributed by atoms with E-state index in [4.69, 9.17) is 5.73 Å². The summed E-state index contributed by atoms with van der Waals surface area (Å²) < 4.78 is 26.7. The van der Waals surface area contributed by atoms with Crippen LogP contribution in [0.1, 0.15) is 5.56 Å². The molecule has 0 atom stereocenters. The summed E-state index contributed by atoms with van der Waals surface area (Å²) in [6.45, 7) is 0.0747. The van der Waals surface area contributed by atoms with Crippen molar-refractivity contribution in [3.05, 3.63) is 64.2 Å². The molecule has 0 amide bonds. The predicted octanol–water partition coefficient (Wildman–Crippen LogP) is 1.66. The summed E-state index contributed by atoms with van der Waals surface area (Å²) in [6.07, 6.45) is 0. The highest BCUT2D eigenvalue weighted by molar-refractivity contribution is 7.89. The molecule has 0 saturated heterocycles. The summed E-state index contributed by atoms with van der Waals surface area (Å²) in [7, 11) is -3.92. The molecule has 0 bridgehead atoms. The molecule has 2 aromatic carbocycles. The van der Waals surface area contributed by atoms with E-state index in [2.05, 4.69) is 4.72 Å². The van der Waals surface area contributed by atoms with E-state index in [9.17, 15) is 18.5 Å². The van der Waals surface area contributed by atoms with E-state index in [0.29, 0.717) is 0 Å². The largest absolute Gasteiger partial charge is 0.398 e. The number of rotatable bonds is 5. The van der Waals surface area contributed by atoms with Crippen LogP contribution in [-0.2, 0) is 16.6 Å². The van der Waals surface area contributed by atoms with Gasteiger partial charge in [0, 0.05) is 18.7 Å². The molecular formula is C13H13N3O4S. The fourth-order valence-corrected chi connectivity index (χ4v) is 2.89. The van der Waals surface area contributed by atoms with Gasteiger partial charge in [-0.1, -0.05) is 30.3 Å². The monoisotopic (exact) mass is 307 g/mol. The summed E-state index contributed by atoms with van der Waals surface area (Å²) >= 11 is 0. The number of hydrogen-bond acceptors (Lipinski definition) is 5. The van der Waals surface area contributed by atoms with Crippen molar-refractivity contribution in [2.75, 3.05) is 5.73 Å². The zero-order chi connectivity index (χ0) is 15.5. The van der Waals surface area contributed by atoms with Gasteiger partial charge in [0.1, 0.15) is 4.90 Å². The van der Waals surface area contributed by atoms with Gasteiger partial charge in [0.05, 0.1) is 10.6 Å². The Kier molecular flexibility index (Phi) is 4.20. The summed E-state index contributed by atoms with van der Waals surface area (Å²) in [5, 5.41) is 10.7. The van der Waals surface area contributed by atoms with Gasteiger partial charge in [-0.2, -0.15) is 0 Å². The van der Waals surface area contributed by atoms with E-state index in [0.717, 1.165) is 17.7 Å². The first kappa shape index (κ1) is 14.9. The second-order valence-electron chi connectivity index (χ2n) is 4.29. The first-order chi connectivity index (χ1) is 9.90. The van der Waals surface area contributed by atoms with Gasteiger partial charge < -0.3 is 5.73 Å². The smallest absolute Gasteiger partial charge is 0.270 e. The second-order valence-corrected chi connectivity index (χ2v) is 6.02. The molecule has 0 aliphatic carbocycles. The number of benzene rings is 2. The van der Waals surface area contributed by atoms with Gasteiger partial charge in [0.15, 0.2) is 0 Å². The molecule has 8 heteroatoms. The lowest BCUT2D eigenvalue weighted by Crippen LogP contribution is -2.24. The molecule has 3 N–H and O–H groups in total. The van der Waals surface area contributed by atoms with Gasteiger partial charge in [-0.05, 0) is 11.6 Å². The van der Waals surface area contributed by atoms with Gasteiger partial charge in [0.2, 0.25) is 10.0 Å². The number of hydrogen-bond donors (Lipinski definition) is 2. The minimum Gasteiger partial charge on any atom is -0.398 e. The third kappa shape index (κ3) is 3.56. The van der Waals surface area contributed by atoms with E-state index in [1.165, 1.54) is 6.07 Å². The summed E-state index contributed by atoms with van der Waals surface area (Å²) in [5.41, 5.74) is 6.00. The van der Waals surface area contributed by atoms with Crippen molar-refractivity contribution in [1.29, 1.82) is 0 Å². The van der Waals surface area contributed by atoms with Crippen LogP contribution in [0, 0.1) is 10.1 Å². The van der Waals surface area contributed by atoms with Gasteiger partial charge in [-0.15, -0.1) is 0 Å². The Morgan fingerprint density at radius 1 is 1.14 bits per heavy atom. The van der Waals surface area contributed by atoms with Crippen molar-refractivity contribution in [1.82, 2.24) is 4.72 Å². The molecule has 2 rings (SSSR count). The minimum absolute atomic E-state index is 0.0406. The summed E-state index contributed by atoms with van der Waals surface area (Å²) in [5.74, 6) is 0. The number of nitrogens with zero attached hydrogens (tertiary/aromatic N) is 1. The Balaban J connectivity index is 2.27. The molecular weight excluding hydrogens is 294 g/mol. The highest BCUT2D eigenvalue weighted by Gasteiger charge is 2.20. The molecule has 0 saturated carbocycles. The average molecular weight is 307 g/mol. The standard InChI is InChI=1S/C13H13N3O4S/c14-12-7-6-11(16(17)18)8-13(12)21(19,20)15-9-10-4-2-1-3-5-10/h1-8,15H,9,14H2. The summed E-state index contributed by atoms with van der Waals surface area (Å²) in [4.78, 5) is 9.75. The highest BCUT2D eigenvalue weighted by atomic mass is 32.2. The Morgan fingerprint density at radius 3 is 2.43 bits per heavy atom. The number of sulfonamides is 1. The van der Waals surface area contributed by atoms with Crippen LogP contribution in [0.25, 0.3) is 0 Å². The lowest BCUT2D eigenvalue weighted by atomic mass is 10.2. The van der Waals surface area contributed by atoms with Crippen molar-refractivity contribution in [2.24, 2.45) is 0 Å². The number of non-ortho nitro benzene ring substituents is 1. The van der Waals surface area contributed by atoms with Crippen molar-refractivity contribution in [3.8, 4) is 0 Å². The number of nitro groups is 1. The first-order valence-corrected chi connectivity index (χ1v) is 7.46. The van der Waals surface area contributed by atoms with Gasteiger partial charge in [-0.3, -0.25) is 10.1 Å². The van der Waals surface area contributed by atoms with Crippen LogP contribution in [0.15, 0.2) is 53.4 Å². The third-order valence-electron chi connectivity index (χ3n) is 2.81. The van der Waals surface area contributed by atoms with Crippen LogP contribution < -0.4 is 10.5 Å². The molecule has 110 valence electrons. The Hall–Kier alpha value is -2.45. The SMILES string of the molecule is Nc1ccc([N+](=O)[O-])cc1S(=O)(=O)NCc1ccccc1. The first-order valence-electron chi connectivity index (χ1n) is 5.97. The Bertz CT molecular complexity index is 760. The maximum absolute atomic E-state index is 12.2. The highest BCUT2D eigenvalue weighted by Crippen LogP contribution is 2.24. The Morgan fingerprint density at radius 2 is 1.81 bits per heavy atom. The summed E-state index contributed by atoms with van der Waals surface area (Å²) in [6, 6.07) is 12.2. The number of nitrogens with one attached hydrogen (secondary N) is 1. The van der Waals surface area contributed by atoms with Crippen molar-refractivity contribution < 1.29 is 13.3 Å². The van der Waals surface area contributed by atoms with Crippen LogP contribution in [0.2, 0.25) is 0 Å². The van der Waals surface area contributed by atoms with E-state index in [1.54, 1.807) is 24.3 Å². The van der Waals surface area contributed by atoms with Crippen LogP contribution >= 0.6 is 0 Å². The maximum Gasteiger partial charge on any atom is 0.270 e. The molecule has 7 nitrogen and oxygen atoms in total. The number of nitro benzene ring substituents is 1. The molecule has 2 aromatic rings. The lowest BCUT2D eigenvalue weighted by Gasteiger charge is -2.09. The quantitative estimate of drug-likeness (QED) is 0.495. The molecule has 0 fully saturated rings. The molecule has 0 aliphatic rings. The second kappa shape index (κ2) is 5.90. The molecule has 0 heterocycles. The van der Waals surface area contributed by atoms with Gasteiger partial charge in [0.25, 0.3) is 5.69 Å². The van der Waals surface area contributed by atoms with Gasteiger partial charge in [-0.25, -0.2) is 13.1 Å². The predicted molar refractivity (Wildman–Crippen MR) is 78.0 cm³/mol. The van der Waals surface area contributed by atoms with E-state index < -0.39 is 14.9 Å². The van der Waals surface area contributed by atoms with E-state index >= 15 is 0 Å². The number of nitrogen functional groups attached to an aromatic ring is 1. The lowest BCUT2D eigenvalue weighted by molar-refractivity contribution is -0.385. The minimum atomic E-state index is -3.92. The molecule has 0 spiro atoms. The van der Waals surface area contributed by atoms with Crippen molar-refractivity contribution in [3.63, 3.8) is 0 Å². The van der Waals surface area contributed by atoms with E-state index in [-0.39, 0.29) is 22.8 Å². The molecule has 0 aromatic heterocycles. The van der Waals surface area contributed by atoms with Gasteiger partial charge >= 0.3 is 0 Å². The molecule has 0 unspecified atom stereocenters. The van der Waals surface area contributed by atoms with Crippen LogP contribution in [0.3, 0.4) is 0 Å². The van der Waals surface area contributed by atoms with Crippen molar-refractivity contribution in [2.45, 2.75) is 11.4 Å². The zero-order valence-corrected chi connectivity index (χ0v) is 11.7. The van der Waals surface area contributed by atoms with Crippen LogP contribution in [-0.4, -0.2) is 13.3 Å². The topological polar surface area (TPSA) is 115 Å². The maximum atomic E-state index is 12.2. The fraction of sp³-hybridized carbons (Fsp3) is 0.0769. The van der Waals surface area contributed by atoms with Crippen LogP contribution in [0.4, 0.5) is 11.4 Å². The Labute approximate surface area is 121 Å². The zero-order valence-electron chi connectivity index (χ0n) is 10.9. The van der Waals surface area contributed by atoms with Crippen LogP contribution in [0.5, 0.6) is 0 Å². The average Bonchev–Trinajstić information content (AvgIpc) is 2.46. The van der Waals surface area contributed by atoms with Crippen molar-refractivity contribution >= 4 is 21.4 Å². The molecule has 0 radical (unpaired) electrons. The normalized spacial score (nSPS) is 11.2.